The summed E-state index contributed by atoms with van der Waals surface area (Å²) in [5.74, 6) is 0.762. The summed E-state index contributed by atoms with van der Waals surface area (Å²) in [4.78, 5) is 26.0. The standard InChI is InChI=1S/C25H26N2O4S/c1-16-12-17(2)14-19(13-16)26-23(28)15-32-20-10-8-18(9-11-20)27-25(29)24-21(30-3)6-5-7-22(24)31-4/h5-14H,15H2,1-4H3,(H,26,28)(H,27,29). The lowest BCUT2D eigenvalue weighted by molar-refractivity contribution is -0.113. The topological polar surface area (TPSA) is 76.7 Å². The largest absolute Gasteiger partial charge is 0.496 e. The zero-order chi connectivity index (χ0) is 23.1. The summed E-state index contributed by atoms with van der Waals surface area (Å²) in [6.45, 7) is 4.00. The Morgan fingerprint density at radius 1 is 0.812 bits per heavy atom. The van der Waals surface area contributed by atoms with Gasteiger partial charge < -0.3 is 20.1 Å². The van der Waals surface area contributed by atoms with Crippen molar-refractivity contribution < 1.29 is 19.1 Å². The quantitative estimate of drug-likeness (QED) is 0.455. The number of anilines is 2. The maximum absolute atomic E-state index is 12.8. The summed E-state index contributed by atoms with van der Waals surface area (Å²) >= 11 is 1.43. The van der Waals surface area contributed by atoms with Crippen molar-refractivity contribution in [1.82, 2.24) is 0 Å². The highest BCUT2D eigenvalue weighted by Gasteiger charge is 2.18. The predicted molar refractivity (Wildman–Crippen MR) is 129 cm³/mol. The molecule has 0 spiro atoms. The zero-order valence-electron chi connectivity index (χ0n) is 18.5. The molecule has 0 bridgehead atoms. The molecule has 7 heteroatoms. The van der Waals surface area contributed by atoms with Crippen molar-refractivity contribution in [3.63, 3.8) is 0 Å². The van der Waals surface area contributed by atoms with E-state index in [1.54, 1.807) is 30.3 Å². The van der Waals surface area contributed by atoms with Crippen molar-refractivity contribution in [1.29, 1.82) is 0 Å². The second kappa shape index (κ2) is 10.7. The Labute approximate surface area is 192 Å². The number of hydrogen-bond donors (Lipinski definition) is 2. The van der Waals surface area contributed by atoms with E-state index in [-0.39, 0.29) is 17.6 Å². The number of ether oxygens (including phenoxy) is 2. The molecule has 0 aliphatic carbocycles. The molecular formula is C25H26N2O4S. The van der Waals surface area contributed by atoms with E-state index < -0.39 is 0 Å². The molecule has 0 saturated carbocycles. The predicted octanol–water partition coefficient (Wildman–Crippen LogP) is 5.30. The Morgan fingerprint density at radius 2 is 1.41 bits per heavy atom. The lowest BCUT2D eigenvalue weighted by Gasteiger charge is -2.13. The molecule has 3 aromatic carbocycles. The van der Waals surface area contributed by atoms with E-state index in [2.05, 4.69) is 16.7 Å². The third-order valence-electron chi connectivity index (χ3n) is 4.64. The molecular weight excluding hydrogens is 424 g/mol. The van der Waals surface area contributed by atoms with Gasteiger partial charge >= 0.3 is 0 Å². The Bertz CT molecular complexity index is 1070. The molecule has 0 heterocycles. The molecule has 2 amide bonds. The fraction of sp³-hybridized carbons (Fsp3) is 0.200. The first-order chi connectivity index (χ1) is 15.4. The van der Waals surface area contributed by atoms with Gasteiger partial charge in [-0.3, -0.25) is 9.59 Å². The molecule has 0 unspecified atom stereocenters. The normalized spacial score (nSPS) is 10.4. The van der Waals surface area contributed by atoms with Gasteiger partial charge in [0.1, 0.15) is 17.1 Å². The SMILES string of the molecule is COc1cccc(OC)c1C(=O)Nc1ccc(SCC(=O)Nc2cc(C)cc(C)c2)cc1. The Balaban J connectivity index is 1.58. The van der Waals surface area contributed by atoms with Gasteiger partial charge in [0, 0.05) is 16.3 Å². The van der Waals surface area contributed by atoms with Gasteiger partial charge in [0.15, 0.2) is 0 Å². The maximum atomic E-state index is 12.8. The van der Waals surface area contributed by atoms with Gasteiger partial charge in [-0.15, -0.1) is 11.8 Å². The van der Waals surface area contributed by atoms with E-state index in [1.165, 1.54) is 26.0 Å². The van der Waals surface area contributed by atoms with Crippen LogP contribution in [0.25, 0.3) is 0 Å². The summed E-state index contributed by atoms with van der Waals surface area (Å²) in [6.07, 6.45) is 0. The van der Waals surface area contributed by atoms with E-state index in [0.29, 0.717) is 22.7 Å². The molecule has 0 saturated heterocycles. The second-order valence-electron chi connectivity index (χ2n) is 7.23. The smallest absolute Gasteiger partial charge is 0.263 e. The summed E-state index contributed by atoms with van der Waals surface area (Å²) in [5, 5.41) is 5.79. The van der Waals surface area contributed by atoms with E-state index >= 15 is 0 Å². The fourth-order valence-electron chi connectivity index (χ4n) is 3.30. The summed E-state index contributed by atoms with van der Waals surface area (Å²) in [6, 6.07) is 18.5. The van der Waals surface area contributed by atoms with Crippen LogP contribution in [0.4, 0.5) is 11.4 Å². The van der Waals surface area contributed by atoms with Gasteiger partial charge in [-0.1, -0.05) is 12.1 Å². The monoisotopic (exact) mass is 450 g/mol. The first-order valence-corrected chi connectivity index (χ1v) is 11.0. The average molecular weight is 451 g/mol. The molecule has 0 aliphatic heterocycles. The van der Waals surface area contributed by atoms with Crippen LogP contribution in [0.15, 0.2) is 65.6 Å². The Morgan fingerprint density at radius 3 is 1.97 bits per heavy atom. The summed E-state index contributed by atoms with van der Waals surface area (Å²) in [5.41, 5.74) is 3.98. The molecule has 0 atom stereocenters. The minimum Gasteiger partial charge on any atom is -0.496 e. The second-order valence-corrected chi connectivity index (χ2v) is 8.28. The molecule has 0 aromatic heterocycles. The van der Waals surface area contributed by atoms with Gasteiger partial charge in [-0.05, 0) is 73.5 Å². The third-order valence-corrected chi connectivity index (χ3v) is 5.65. The highest BCUT2D eigenvalue weighted by Crippen LogP contribution is 2.29. The van der Waals surface area contributed by atoms with Crippen LogP contribution in [-0.4, -0.2) is 31.8 Å². The number of carbonyl (C=O) groups is 2. The maximum Gasteiger partial charge on any atom is 0.263 e. The van der Waals surface area contributed by atoms with Crippen LogP contribution in [0.1, 0.15) is 21.5 Å². The van der Waals surface area contributed by atoms with Gasteiger partial charge in [0.2, 0.25) is 5.91 Å². The lowest BCUT2D eigenvalue weighted by atomic mass is 10.1. The highest BCUT2D eigenvalue weighted by atomic mass is 32.2. The van der Waals surface area contributed by atoms with Crippen LogP contribution in [-0.2, 0) is 4.79 Å². The Hall–Kier alpha value is -3.45. The van der Waals surface area contributed by atoms with Gasteiger partial charge in [-0.25, -0.2) is 0 Å². The molecule has 3 aromatic rings. The Kier molecular flexibility index (Phi) is 7.78. The minimum absolute atomic E-state index is 0.0688. The molecule has 32 heavy (non-hydrogen) atoms. The minimum atomic E-state index is -0.326. The average Bonchev–Trinajstić information content (AvgIpc) is 2.77. The van der Waals surface area contributed by atoms with Gasteiger partial charge in [0.05, 0.1) is 20.0 Å². The number of carbonyl (C=O) groups excluding carboxylic acids is 2. The third kappa shape index (κ3) is 6.04. The van der Waals surface area contributed by atoms with Crippen LogP contribution in [0, 0.1) is 13.8 Å². The van der Waals surface area contributed by atoms with E-state index in [4.69, 9.17) is 9.47 Å². The van der Waals surface area contributed by atoms with Gasteiger partial charge in [-0.2, -0.15) is 0 Å². The number of methoxy groups -OCH3 is 2. The van der Waals surface area contributed by atoms with Crippen LogP contribution >= 0.6 is 11.8 Å². The number of amides is 2. The van der Waals surface area contributed by atoms with E-state index in [1.807, 2.05) is 38.1 Å². The lowest BCUT2D eigenvalue weighted by Crippen LogP contribution is -2.15. The van der Waals surface area contributed by atoms with Crippen LogP contribution in [0.2, 0.25) is 0 Å². The van der Waals surface area contributed by atoms with Crippen molar-refractivity contribution in [3.8, 4) is 11.5 Å². The van der Waals surface area contributed by atoms with Gasteiger partial charge in [0.25, 0.3) is 5.91 Å². The van der Waals surface area contributed by atoms with Crippen molar-refractivity contribution in [2.45, 2.75) is 18.7 Å². The van der Waals surface area contributed by atoms with Crippen molar-refractivity contribution in [2.75, 3.05) is 30.6 Å². The fourth-order valence-corrected chi connectivity index (χ4v) is 3.99. The van der Waals surface area contributed by atoms with E-state index in [0.717, 1.165) is 21.7 Å². The molecule has 6 nitrogen and oxygen atoms in total. The van der Waals surface area contributed by atoms with Crippen LogP contribution in [0.3, 0.4) is 0 Å². The first kappa shape index (κ1) is 23.2. The first-order valence-electron chi connectivity index (χ1n) is 10.0. The van der Waals surface area contributed by atoms with E-state index in [9.17, 15) is 9.59 Å². The molecule has 0 fully saturated rings. The molecule has 166 valence electrons. The number of hydrogen-bond acceptors (Lipinski definition) is 5. The number of benzene rings is 3. The van der Waals surface area contributed by atoms with Crippen molar-refractivity contribution in [3.05, 3.63) is 77.4 Å². The summed E-state index contributed by atoms with van der Waals surface area (Å²) in [7, 11) is 3.02. The molecule has 0 aliphatic rings. The zero-order valence-corrected chi connectivity index (χ0v) is 19.3. The van der Waals surface area contributed by atoms with Crippen molar-refractivity contribution in [2.24, 2.45) is 0 Å². The number of aryl methyl sites for hydroxylation is 2. The van der Waals surface area contributed by atoms with Crippen LogP contribution < -0.4 is 20.1 Å². The number of rotatable bonds is 8. The summed E-state index contributed by atoms with van der Waals surface area (Å²) < 4.78 is 10.6. The number of nitrogens with one attached hydrogen (secondary N) is 2. The molecule has 0 radical (unpaired) electrons. The molecule has 3 rings (SSSR count). The number of thioether (sulfide) groups is 1. The van der Waals surface area contributed by atoms with Crippen LogP contribution in [0.5, 0.6) is 11.5 Å². The van der Waals surface area contributed by atoms with Crippen molar-refractivity contribution >= 4 is 35.0 Å². The molecule has 2 N–H and O–H groups in total. The highest BCUT2D eigenvalue weighted by molar-refractivity contribution is 8.00.